The van der Waals surface area contributed by atoms with Crippen molar-refractivity contribution in [2.75, 3.05) is 10.0 Å². The van der Waals surface area contributed by atoms with Crippen molar-refractivity contribution in [2.45, 2.75) is 37.5 Å². The van der Waals surface area contributed by atoms with Crippen LogP contribution in [0, 0.1) is 18.8 Å². The number of carboxylic acid groups (broad SMARTS) is 1. The molecule has 0 saturated heterocycles. The van der Waals surface area contributed by atoms with Gasteiger partial charge in [-0.1, -0.05) is 12.8 Å². The minimum atomic E-state index is -3.88. The predicted octanol–water partition coefficient (Wildman–Crippen LogP) is 2.42. The molecule has 0 radical (unpaired) electrons. The van der Waals surface area contributed by atoms with Crippen LogP contribution in [0.4, 0.5) is 11.6 Å². The highest BCUT2D eigenvalue weighted by Crippen LogP contribution is 2.31. The fraction of sp³-hybridized carbons (Fsp3) is 0.368. The fourth-order valence-electron chi connectivity index (χ4n) is 3.37. The molecule has 3 rings (SSSR count). The lowest BCUT2D eigenvalue weighted by molar-refractivity contribution is -0.147. The number of carbonyl (C=O) groups excluding carboxylic acids is 1. The van der Waals surface area contributed by atoms with Crippen LogP contribution in [0.15, 0.2) is 41.4 Å². The van der Waals surface area contributed by atoms with Crippen LogP contribution < -0.4 is 10.0 Å². The zero-order valence-electron chi connectivity index (χ0n) is 15.8. The largest absolute Gasteiger partial charge is 0.481 e. The predicted molar refractivity (Wildman–Crippen MR) is 106 cm³/mol. The van der Waals surface area contributed by atoms with Gasteiger partial charge in [0.2, 0.25) is 11.9 Å². The number of amides is 1. The second-order valence-electron chi connectivity index (χ2n) is 6.98. The first-order valence-electron chi connectivity index (χ1n) is 9.22. The Morgan fingerprint density at radius 1 is 1.07 bits per heavy atom. The van der Waals surface area contributed by atoms with E-state index < -0.39 is 27.8 Å². The van der Waals surface area contributed by atoms with E-state index in [-0.39, 0.29) is 16.8 Å². The Morgan fingerprint density at radius 3 is 2.34 bits per heavy atom. The lowest BCUT2D eigenvalue weighted by Gasteiger charge is -2.27. The molecule has 1 aliphatic carbocycles. The summed E-state index contributed by atoms with van der Waals surface area (Å²) >= 11 is 0. The van der Waals surface area contributed by atoms with Crippen LogP contribution in [0.25, 0.3) is 0 Å². The molecule has 1 aliphatic rings. The van der Waals surface area contributed by atoms with E-state index in [1.54, 1.807) is 13.0 Å². The summed E-state index contributed by atoms with van der Waals surface area (Å²) < 4.78 is 27.2. The van der Waals surface area contributed by atoms with Gasteiger partial charge in [0.15, 0.2) is 0 Å². The first-order valence-corrected chi connectivity index (χ1v) is 10.7. The molecular formula is C19H22N4O5S. The lowest BCUT2D eigenvalue weighted by Crippen LogP contribution is -2.36. The molecule has 0 spiro atoms. The van der Waals surface area contributed by atoms with E-state index >= 15 is 0 Å². The topological polar surface area (TPSA) is 138 Å². The van der Waals surface area contributed by atoms with Gasteiger partial charge in [-0.25, -0.2) is 23.1 Å². The van der Waals surface area contributed by atoms with Gasteiger partial charge in [-0.3, -0.25) is 9.59 Å². The molecule has 0 bridgehead atoms. The van der Waals surface area contributed by atoms with Crippen molar-refractivity contribution in [1.29, 1.82) is 0 Å². The van der Waals surface area contributed by atoms with Gasteiger partial charge in [0.1, 0.15) is 0 Å². The number of aryl methyl sites for hydroxylation is 1. The Morgan fingerprint density at radius 2 is 1.72 bits per heavy atom. The second-order valence-corrected chi connectivity index (χ2v) is 8.66. The molecule has 1 aromatic heterocycles. The van der Waals surface area contributed by atoms with Crippen molar-refractivity contribution >= 4 is 33.5 Å². The third-order valence-corrected chi connectivity index (χ3v) is 6.22. The number of rotatable bonds is 6. The van der Waals surface area contributed by atoms with E-state index in [1.165, 1.54) is 30.5 Å². The summed E-state index contributed by atoms with van der Waals surface area (Å²) in [6, 6.07) is 7.27. The molecule has 10 heteroatoms. The maximum Gasteiger partial charge on any atom is 0.307 e. The summed E-state index contributed by atoms with van der Waals surface area (Å²) in [5.41, 5.74) is 1.02. The number of nitrogens with one attached hydrogen (secondary N) is 2. The molecule has 1 fully saturated rings. The molecule has 154 valence electrons. The van der Waals surface area contributed by atoms with E-state index in [9.17, 15) is 23.1 Å². The maximum atomic E-state index is 12.5. The Kier molecular flexibility index (Phi) is 6.12. The average molecular weight is 418 g/mol. The lowest BCUT2D eigenvalue weighted by atomic mass is 9.78. The monoisotopic (exact) mass is 418 g/mol. The Bertz CT molecular complexity index is 1010. The molecule has 3 N–H and O–H groups in total. The molecule has 1 heterocycles. The minimum absolute atomic E-state index is 0.0123. The van der Waals surface area contributed by atoms with Gasteiger partial charge in [0, 0.05) is 17.6 Å². The van der Waals surface area contributed by atoms with E-state index in [1.807, 2.05) is 0 Å². The Labute approximate surface area is 168 Å². The highest BCUT2D eigenvalue weighted by Gasteiger charge is 2.35. The van der Waals surface area contributed by atoms with Crippen LogP contribution >= 0.6 is 0 Å². The van der Waals surface area contributed by atoms with Crippen LogP contribution in [-0.2, 0) is 19.6 Å². The first-order chi connectivity index (χ1) is 13.8. The summed E-state index contributed by atoms with van der Waals surface area (Å²) in [4.78, 5) is 31.8. The van der Waals surface area contributed by atoms with Crippen molar-refractivity contribution in [1.82, 2.24) is 9.97 Å². The number of benzene rings is 1. The maximum absolute atomic E-state index is 12.5. The fourth-order valence-corrected chi connectivity index (χ4v) is 4.32. The smallest absolute Gasteiger partial charge is 0.307 e. The minimum Gasteiger partial charge on any atom is -0.481 e. The SMILES string of the molecule is Cc1ccnc(NS(=O)(=O)c2ccc(NC(=O)[C@@H]3CCCC[C@@H]3C(=O)O)cc2)n1. The van der Waals surface area contributed by atoms with E-state index in [0.29, 0.717) is 24.2 Å². The number of aromatic nitrogens is 2. The standard InChI is InChI=1S/C19H22N4O5S/c1-12-10-11-20-19(21-12)23-29(27,28)14-8-6-13(7-9-14)22-17(24)15-4-2-3-5-16(15)18(25)26/h6-11,15-16H,2-5H2,1H3,(H,22,24)(H,25,26)(H,20,21,23)/t15-,16+/m1/s1. The number of hydrogen-bond donors (Lipinski definition) is 3. The van der Waals surface area contributed by atoms with E-state index in [4.69, 9.17) is 0 Å². The molecule has 9 nitrogen and oxygen atoms in total. The van der Waals surface area contributed by atoms with Gasteiger partial charge in [-0.05, 0) is 50.1 Å². The van der Waals surface area contributed by atoms with Crippen molar-refractivity contribution in [3.8, 4) is 0 Å². The van der Waals surface area contributed by atoms with E-state index in [0.717, 1.165) is 12.8 Å². The van der Waals surface area contributed by atoms with Crippen LogP contribution in [-0.4, -0.2) is 35.4 Å². The Balaban J connectivity index is 1.69. The summed E-state index contributed by atoms with van der Waals surface area (Å²) in [6.07, 6.45) is 4.07. The number of anilines is 2. The van der Waals surface area contributed by atoms with Crippen LogP contribution in [0.3, 0.4) is 0 Å². The number of carbonyl (C=O) groups is 2. The van der Waals surface area contributed by atoms with Crippen LogP contribution in [0.5, 0.6) is 0 Å². The highest BCUT2D eigenvalue weighted by molar-refractivity contribution is 7.92. The first kappa shape index (κ1) is 20.7. The number of hydrogen-bond acceptors (Lipinski definition) is 6. The summed E-state index contributed by atoms with van der Waals surface area (Å²) in [5, 5.41) is 12.0. The molecule has 1 amide bonds. The number of aliphatic carboxylic acids is 1. The second kappa shape index (κ2) is 8.56. The van der Waals surface area contributed by atoms with Gasteiger partial charge in [0.25, 0.3) is 10.0 Å². The molecule has 0 unspecified atom stereocenters. The van der Waals surface area contributed by atoms with Gasteiger partial charge in [-0.2, -0.15) is 0 Å². The van der Waals surface area contributed by atoms with Gasteiger partial charge in [0.05, 0.1) is 16.7 Å². The normalized spacial score (nSPS) is 19.3. The van der Waals surface area contributed by atoms with Crippen LogP contribution in [0.2, 0.25) is 0 Å². The van der Waals surface area contributed by atoms with Crippen molar-refractivity contribution in [3.63, 3.8) is 0 Å². The van der Waals surface area contributed by atoms with Gasteiger partial charge in [-0.15, -0.1) is 0 Å². The highest BCUT2D eigenvalue weighted by atomic mass is 32.2. The van der Waals surface area contributed by atoms with Crippen molar-refractivity contribution in [2.24, 2.45) is 11.8 Å². The number of nitrogens with zero attached hydrogens (tertiary/aromatic N) is 2. The zero-order valence-corrected chi connectivity index (χ0v) is 16.6. The quantitative estimate of drug-likeness (QED) is 0.655. The molecule has 1 aromatic carbocycles. The van der Waals surface area contributed by atoms with Gasteiger partial charge >= 0.3 is 5.97 Å². The number of carboxylic acids is 1. The van der Waals surface area contributed by atoms with E-state index in [2.05, 4.69) is 20.0 Å². The third kappa shape index (κ3) is 5.08. The summed E-state index contributed by atoms with van der Waals surface area (Å²) in [5.74, 6) is -2.64. The molecular weight excluding hydrogens is 396 g/mol. The van der Waals surface area contributed by atoms with Crippen molar-refractivity contribution in [3.05, 3.63) is 42.2 Å². The summed E-state index contributed by atoms with van der Waals surface area (Å²) in [6.45, 7) is 1.72. The molecule has 0 aliphatic heterocycles. The zero-order chi connectivity index (χ0) is 21.0. The molecule has 29 heavy (non-hydrogen) atoms. The molecule has 2 atom stereocenters. The molecule has 2 aromatic rings. The molecule has 1 saturated carbocycles. The average Bonchev–Trinajstić information content (AvgIpc) is 2.68. The Hall–Kier alpha value is -3.01. The summed E-state index contributed by atoms with van der Waals surface area (Å²) in [7, 11) is -3.88. The van der Waals surface area contributed by atoms with Crippen molar-refractivity contribution < 1.29 is 23.1 Å². The van der Waals surface area contributed by atoms with Gasteiger partial charge < -0.3 is 10.4 Å². The number of sulfonamides is 1. The van der Waals surface area contributed by atoms with Crippen LogP contribution in [0.1, 0.15) is 31.4 Å². The third-order valence-electron chi connectivity index (χ3n) is 4.87.